The van der Waals surface area contributed by atoms with Crippen molar-refractivity contribution in [2.45, 2.75) is 24.7 Å². The van der Waals surface area contributed by atoms with E-state index in [0.717, 1.165) is 22.3 Å². The summed E-state index contributed by atoms with van der Waals surface area (Å²) in [6.07, 6.45) is 4.15. The summed E-state index contributed by atoms with van der Waals surface area (Å²) in [4.78, 5) is 28.5. The Bertz CT molecular complexity index is 1420. The van der Waals surface area contributed by atoms with Crippen LogP contribution in [0.1, 0.15) is 29.0 Å². The molecule has 5 rings (SSSR count). The van der Waals surface area contributed by atoms with E-state index in [-0.39, 0.29) is 17.6 Å². The molecule has 2 N–H and O–H groups in total. The number of fused-ring (bicyclic) bond motifs is 1. The van der Waals surface area contributed by atoms with Crippen LogP contribution in [0, 0.1) is 16.4 Å². The molecular weight excluding hydrogens is 579 g/mol. The molecule has 188 valence electrons. The van der Waals surface area contributed by atoms with Gasteiger partial charge in [0, 0.05) is 5.92 Å². The fraction of sp³-hybridized carbons (Fsp3) is 0.200. The molecule has 3 aromatic rings. The lowest BCUT2D eigenvalue weighted by Gasteiger charge is -2.43. The van der Waals surface area contributed by atoms with Crippen molar-refractivity contribution in [1.82, 2.24) is 5.01 Å². The molecule has 1 heterocycles. The Morgan fingerprint density at radius 2 is 1.84 bits per heavy atom. The molecule has 3 unspecified atom stereocenters. The summed E-state index contributed by atoms with van der Waals surface area (Å²) in [5.74, 6) is -1.43. The van der Waals surface area contributed by atoms with Crippen LogP contribution < -0.4 is 10.2 Å². The summed E-state index contributed by atoms with van der Waals surface area (Å²) in [5, 5.41) is 11.7. The number of phenolic OH excluding ortho intramolecular Hbond substituents is 1. The normalized spacial score (nSPS) is 22.9. The van der Waals surface area contributed by atoms with Gasteiger partial charge in [-0.1, -0.05) is 66.8 Å². The quantitative estimate of drug-likeness (QED) is 0.272. The molecule has 37 heavy (non-hydrogen) atoms. The van der Waals surface area contributed by atoms with Crippen molar-refractivity contribution in [3.63, 3.8) is 0 Å². The average Bonchev–Trinajstić information content (AvgIpc) is 3.13. The predicted octanol–water partition coefficient (Wildman–Crippen LogP) is 5.86. The number of nitrogens with one attached hydrogen (secondary N) is 1. The van der Waals surface area contributed by atoms with E-state index in [2.05, 4.69) is 34.6 Å². The number of methoxy groups -OCH3 is 1. The van der Waals surface area contributed by atoms with Gasteiger partial charge in [-0.3, -0.25) is 15.0 Å². The van der Waals surface area contributed by atoms with E-state index in [0.29, 0.717) is 21.4 Å². The molecule has 2 aliphatic rings. The number of phenols is 1. The molecule has 7 heteroatoms. The van der Waals surface area contributed by atoms with Gasteiger partial charge >= 0.3 is 0 Å². The van der Waals surface area contributed by atoms with Gasteiger partial charge < -0.3 is 9.84 Å². The summed E-state index contributed by atoms with van der Waals surface area (Å²) < 4.78 is 6.05. The summed E-state index contributed by atoms with van der Waals surface area (Å²) in [6.45, 7) is 6.03. The van der Waals surface area contributed by atoms with Crippen LogP contribution >= 0.6 is 22.6 Å². The van der Waals surface area contributed by atoms with Crippen molar-refractivity contribution in [2.24, 2.45) is 5.92 Å². The van der Waals surface area contributed by atoms with Crippen molar-refractivity contribution in [2.75, 3.05) is 12.5 Å². The molecule has 0 saturated carbocycles. The highest BCUT2D eigenvalue weighted by Gasteiger charge is 2.65. The number of imide groups is 1. The van der Waals surface area contributed by atoms with Crippen LogP contribution in [0.15, 0.2) is 91.0 Å². The van der Waals surface area contributed by atoms with E-state index in [1.165, 1.54) is 12.1 Å². The number of hydrogen-bond donors (Lipinski definition) is 2. The fourth-order valence-electron chi connectivity index (χ4n) is 5.67. The minimum Gasteiger partial charge on any atom is -0.504 e. The van der Waals surface area contributed by atoms with Gasteiger partial charge in [-0.05, 0) is 76.9 Å². The zero-order chi connectivity index (χ0) is 26.3. The molecule has 1 fully saturated rings. The molecule has 3 atom stereocenters. The molecule has 0 spiro atoms. The third-order valence-corrected chi connectivity index (χ3v) is 8.21. The van der Waals surface area contributed by atoms with Crippen molar-refractivity contribution in [3.05, 3.63) is 111 Å². The number of aromatic hydroxyl groups is 1. The van der Waals surface area contributed by atoms with Gasteiger partial charge in [0.15, 0.2) is 11.5 Å². The Labute approximate surface area is 229 Å². The van der Waals surface area contributed by atoms with Gasteiger partial charge in [0.25, 0.3) is 11.8 Å². The third kappa shape index (κ3) is 3.92. The van der Waals surface area contributed by atoms with Gasteiger partial charge in [-0.15, -0.1) is 0 Å². The minimum atomic E-state index is -1.22. The van der Waals surface area contributed by atoms with Crippen molar-refractivity contribution in [3.8, 4) is 11.5 Å². The molecule has 0 radical (unpaired) electrons. The van der Waals surface area contributed by atoms with E-state index in [1.54, 1.807) is 12.1 Å². The van der Waals surface area contributed by atoms with Crippen LogP contribution in [0.2, 0.25) is 0 Å². The molecular formula is C30H27IN2O4. The van der Waals surface area contributed by atoms with E-state index >= 15 is 0 Å². The maximum atomic E-state index is 14.6. The Balaban J connectivity index is 1.75. The molecule has 3 aromatic carbocycles. The first-order valence-electron chi connectivity index (χ1n) is 12.0. The second kappa shape index (κ2) is 9.70. The number of hydrogen-bond acceptors (Lipinski definition) is 5. The average molecular weight is 606 g/mol. The first-order valence-corrected chi connectivity index (χ1v) is 13.1. The van der Waals surface area contributed by atoms with E-state index in [4.69, 9.17) is 4.74 Å². The zero-order valence-corrected chi connectivity index (χ0v) is 22.7. The van der Waals surface area contributed by atoms with Crippen LogP contribution in [-0.4, -0.2) is 29.0 Å². The number of anilines is 1. The largest absolute Gasteiger partial charge is 0.504 e. The standard InChI is InChI=1S/C30H27IN2O4/c1-4-19-12-15-23-28(35)33(32-22-13-10-18(2)11-14-22)29(36)30(23,21-8-6-5-7-9-21)26(19)20-16-24(31)27(34)25(17-20)37-3/h4-14,16-17,23,26,32,34H,1,15H2,2-3H3. The van der Waals surface area contributed by atoms with Gasteiger partial charge in [0.1, 0.15) is 0 Å². The number of benzene rings is 3. The number of aryl methyl sites for hydroxylation is 1. The topological polar surface area (TPSA) is 78.9 Å². The Morgan fingerprint density at radius 3 is 2.49 bits per heavy atom. The van der Waals surface area contributed by atoms with Crippen LogP contribution in [0.3, 0.4) is 0 Å². The third-order valence-electron chi connectivity index (χ3n) is 7.39. The number of nitrogens with zero attached hydrogens (tertiary/aromatic N) is 1. The SMILES string of the molecule is C=CC1=CCC2C(=O)N(Nc3ccc(C)cc3)C(=O)C2(c2ccccc2)C1c1cc(I)c(O)c(OC)c1. The lowest BCUT2D eigenvalue weighted by atomic mass is 9.56. The Hall–Kier alpha value is -3.59. The first kappa shape index (κ1) is 25.1. The zero-order valence-electron chi connectivity index (χ0n) is 20.6. The molecule has 2 amide bonds. The number of rotatable bonds is 6. The van der Waals surface area contributed by atoms with E-state index in [9.17, 15) is 14.7 Å². The van der Waals surface area contributed by atoms with Crippen molar-refractivity contribution >= 4 is 40.1 Å². The van der Waals surface area contributed by atoms with Crippen LogP contribution in [-0.2, 0) is 15.0 Å². The molecule has 0 aromatic heterocycles. The van der Waals surface area contributed by atoms with Crippen molar-refractivity contribution < 1.29 is 19.4 Å². The highest BCUT2D eigenvalue weighted by Crippen LogP contribution is 2.58. The maximum Gasteiger partial charge on any atom is 0.260 e. The van der Waals surface area contributed by atoms with Gasteiger partial charge in [0.2, 0.25) is 0 Å². The number of carbonyl (C=O) groups excluding carboxylic acids is 2. The molecule has 0 bridgehead atoms. The number of allylic oxidation sites excluding steroid dienone is 3. The van der Waals surface area contributed by atoms with Crippen LogP contribution in [0.5, 0.6) is 11.5 Å². The highest BCUT2D eigenvalue weighted by molar-refractivity contribution is 14.1. The number of ether oxygens (including phenoxy) is 1. The smallest absolute Gasteiger partial charge is 0.260 e. The monoisotopic (exact) mass is 606 g/mol. The van der Waals surface area contributed by atoms with Crippen LogP contribution in [0.4, 0.5) is 5.69 Å². The van der Waals surface area contributed by atoms with Crippen LogP contribution in [0.25, 0.3) is 0 Å². The summed E-state index contributed by atoms with van der Waals surface area (Å²) in [6, 6.07) is 20.7. The summed E-state index contributed by atoms with van der Waals surface area (Å²) in [7, 11) is 1.49. The summed E-state index contributed by atoms with van der Waals surface area (Å²) >= 11 is 2.05. The van der Waals surface area contributed by atoms with Gasteiger partial charge in [-0.2, -0.15) is 5.01 Å². The minimum absolute atomic E-state index is 0.0357. The first-order chi connectivity index (χ1) is 17.8. The maximum absolute atomic E-state index is 14.6. The Morgan fingerprint density at radius 1 is 1.14 bits per heavy atom. The number of carbonyl (C=O) groups is 2. The number of halogens is 1. The van der Waals surface area contributed by atoms with E-state index in [1.807, 2.05) is 73.7 Å². The lowest BCUT2D eigenvalue weighted by Crippen LogP contribution is -2.48. The fourth-order valence-corrected chi connectivity index (χ4v) is 6.30. The summed E-state index contributed by atoms with van der Waals surface area (Å²) in [5.41, 5.74) is 5.96. The predicted molar refractivity (Wildman–Crippen MR) is 151 cm³/mol. The number of hydrazine groups is 1. The molecule has 6 nitrogen and oxygen atoms in total. The van der Waals surface area contributed by atoms with Gasteiger partial charge in [-0.25, -0.2) is 0 Å². The molecule has 1 aliphatic carbocycles. The second-order valence-electron chi connectivity index (χ2n) is 9.37. The Kier molecular flexibility index (Phi) is 6.58. The van der Waals surface area contributed by atoms with Crippen molar-refractivity contribution in [1.29, 1.82) is 0 Å². The lowest BCUT2D eigenvalue weighted by molar-refractivity contribution is -0.138. The van der Waals surface area contributed by atoms with Gasteiger partial charge in [0.05, 0.1) is 27.7 Å². The second-order valence-corrected chi connectivity index (χ2v) is 10.5. The molecule has 1 saturated heterocycles. The molecule has 1 aliphatic heterocycles. The highest BCUT2D eigenvalue weighted by atomic mass is 127. The number of amides is 2. The van der Waals surface area contributed by atoms with E-state index < -0.39 is 17.3 Å².